The minimum Gasteiger partial charge on any atom is -0.486 e. The lowest BCUT2D eigenvalue weighted by atomic mass is 9.80. The summed E-state index contributed by atoms with van der Waals surface area (Å²) in [6, 6.07) is 2.17. The molecule has 0 bridgehead atoms. The van der Waals surface area contributed by atoms with Crippen LogP contribution in [0.2, 0.25) is 0 Å². The molecule has 0 saturated carbocycles. The molecule has 0 unspecified atom stereocenters. The van der Waals surface area contributed by atoms with Crippen molar-refractivity contribution in [3.8, 4) is 11.5 Å². The lowest BCUT2D eigenvalue weighted by molar-refractivity contribution is -0.140. The smallest absolute Gasteiger partial charge is 0.420 e. The lowest BCUT2D eigenvalue weighted by Gasteiger charge is -2.30. The van der Waals surface area contributed by atoms with Crippen LogP contribution in [0.15, 0.2) is 12.1 Å². The number of rotatable bonds is 3. The zero-order valence-electron chi connectivity index (χ0n) is 11.6. The molecule has 116 valence electrons. The Morgan fingerprint density at radius 2 is 1.62 bits per heavy atom. The summed E-state index contributed by atoms with van der Waals surface area (Å²) in [7, 11) is 0. The van der Waals surface area contributed by atoms with E-state index in [4.69, 9.17) is 14.6 Å². The van der Waals surface area contributed by atoms with Crippen LogP contribution in [0.5, 0.6) is 11.5 Å². The number of hydrogen-bond acceptors (Lipinski definition) is 3. The van der Waals surface area contributed by atoms with Gasteiger partial charge in [0.1, 0.15) is 18.8 Å². The van der Waals surface area contributed by atoms with Crippen molar-refractivity contribution in [2.45, 2.75) is 31.9 Å². The fourth-order valence-corrected chi connectivity index (χ4v) is 2.37. The summed E-state index contributed by atoms with van der Waals surface area (Å²) in [6.07, 6.45) is -4.78. The summed E-state index contributed by atoms with van der Waals surface area (Å²) in [6.45, 7) is 3.44. The van der Waals surface area contributed by atoms with Crippen LogP contribution in [-0.4, -0.2) is 24.3 Å². The first kappa shape index (κ1) is 15.5. The highest BCUT2D eigenvalue weighted by atomic mass is 19.4. The number of carboxylic acid groups (broad SMARTS) is 1. The van der Waals surface area contributed by atoms with E-state index in [0.717, 1.165) is 6.07 Å². The molecule has 4 nitrogen and oxygen atoms in total. The number of alkyl halides is 3. The molecule has 21 heavy (non-hydrogen) atoms. The van der Waals surface area contributed by atoms with Gasteiger partial charge in [-0.05, 0) is 6.07 Å². The first-order valence-corrected chi connectivity index (χ1v) is 6.35. The molecular weight excluding hydrogens is 289 g/mol. The third-order valence-corrected chi connectivity index (χ3v) is 3.32. The van der Waals surface area contributed by atoms with E-state index in [-0.39, 0.29) is 31.1 Å². The molecule has 0 fully saturated rings. The molecule has 1 aliphatic heterocycles. The zero-order chi connectivity index (χ0) is 15.8. The minimum absolute atomic E-state index is 0.0117. The number of fused-ring (bicyclic) bond motifs is 1. The number of halogens is 3. The molecule has 0 amide bonds. The fraction of sp³-hybridized carbons (Fsp3) is 0.500. The normalized spacial score (nSPS) is 14.9. The number of carboxylic acids is 1. The second-order valence-corrected chi connectivity index (χ2v) is 5.47. The molecule has 1 aliphatic rings. The van der Waals surface area contributed by atoms with E-state index in [0.29, 0.717) is 5.56 Å². The van der Waals surface area contributed by atoms with Crippen molar-refractivity contribution < 1.29 is 32.5 Å². The summed E-state index contributed by atoms with van der Waals surface area (Å²) in [4.78, 5) is 10.9. The van der Waals surface area contributed by atoms with E-state index >= 15 is 0 Å². The van der Waals surface area contributed by atoms with E-state index in [9.17, 15) is 18.0 Å². The van der Waals surface area contributed by atoms with Gasteiger partial charge < -0.3 is 14.6 Å². The maximum absolute atomic E-state index is 13.0. The van der Waals surface area contributed by atoms with Crippen molar-refractivity contribution in [1.82, 2.24) is 0 Å². The van der Waals surface area contributed by atoms with Crippen molar-refractivity contribution in [2.75, 3.05) is 13.2 Å². The van der Waals surface area contributed by atoms with Gasteiger partial charge in [0.2, 0.25) is 0 Å². The number of carbonyl (C=O) groups is 1. The second-order valence-electron chi connectivity index (χ2n) is 5.47. The van der Waals surface area contributed by atoms with Crippen molar-refractivity contribution in [1.29, 1.82) is 0 Å². The van der Waals surface area contributed by atoms with Gasteiger partial charge in [0.15, 0.2) is 11.5 Å². The van der Waals surface area contributed by atoms with Crippen molar-refractivity contribution in [3.05, 3.63) is 23.3 Å². The van der Waals surface area contributed by atoms with Gasteiger partial charge in [0, 0.05) is 11.0 Å². The maximum Gasteiger partial charge on any atom is 0.420 e. The molecule has 0 aromatic heterocycles. The Hall–Kier alpha value is -1.92. The minimum atomic E-state index is -4.56. The summed E-state index contributed by atoms with van der Waals surface area (Å²) in [5.74, 6) is -1.41. The number of ether oxygens (including phenoxy) is 2. The van der Waals surface area contributed by atoms with Gasteiger partial charge in [-0.3, -0.25) is 4.79 Å². The maximum atomic E-state index is 13.0. The fourth-order valence-electron chi connectivity index (χ4n) is 2.37. The molecule has 1 heterocycles. The molecule has 0 spiro atoms. The molecule has 1 aromatic carbocycles. The SMILES string of the molecule is CC(C)(CC(=O)O)c1ccc(C(F)(F)F)c2c1OCCO2. The third kappa shape index (κ3) is 3.06. The first-order valence-electron chi connectivity index (χ1n) is 6.35. The van der Waals surface area contributed by atoms with E-state index in [1.807, 2.05) is 0 Å². The van der Waals surface area contributed by atoms with Gasteiger partial charge in [-0.2, -0.15) is 13.2 Å². The van der Waals surface area contributed by atoms with Gasteiger partial charge in [-0.15, -0.1) is 0 Å². The van der Waals surface area contributed by atoms with Crippen LogP contribution in [-0.2, 0) is 16.4 Å². The van der Waals surface area contributed by atoms with Crippen molar-refractivity contribution in [3.63, 3.8) is 0 Å². The van der Waals surface area contributed by atoms with E-state index < -0.39 is 23.1 Å². The van der Waals surface area contributed by atoms with Gasteiger partial charge in [-0.25, -0.2) is 0 Å². The summed E-state index contributed by atoms with van der Waals surface area (Å²) in [5.41, 5.74) is -1.39. The Bertz CT molecular complexity index is 564. The molecule has 2 rings (SSSR count). The number of hydrogen-bond donors (Lipinski definition) is 1. The van der Waals surface area contributed by atoms with Gasteiger partial charge in [-0.1, -0.05) is 19.9 Å². The van der Waals surface area contributed by atoms with Crippen molar-refractivity contribution in [2.24, 2.45) is 0 Å². The Morgan fingerprint density at radius 3 is 2.10 bits per heavy atom. The summed E-state index contributed by atoms with van der Waals surface area (Å²) >= 11 is 0. The number of aliphatic carboxylic acids is 1. The average molecular weight is 304 g/mol. The molecule has 7 heteroatoms. The van der Waals surface area contributed by atoms with Crippen LogP contribution in [0.25, 0.3) is 0 Å². The summed E-state index contributed by atoms with van der Waals surface area (Å²) < 4.78 is 49.4. The summed E-state index contributed by atoms with van der Waals surface area (Å²) in [5, 5.41) is 8.95. The van der Waals surface area contributed by atoms with Gasteiger partial charge >= 0.3 is 12.1 Å². The van der Waals surface area contributed by atoms with Gasteiger partial charge in [0.25, 0.3) is 0 Å². The van der Waals surface area contributed by atoms with Crippen LogP contribution in [0.3, 0.4) is 0 Å². The van der Waals surface area contributed by atoms with E-state index in [2.05, 4.69) is 0 Å². The highest BCUT2D eigenvalue weighted by Crippen LogP contribution is 2.48. The van der Waals surface area contributed by atoms with Crippen LogP contribution >= 0.6 is 0 Å². The standard InChI is InChI=1S/C14H15F3O4/c1-13(2,7-10(18)19)8-3-4-9(14(15,16)17)12-11(8)20-5-6-21-12/h3-4H,5-7H2,1-2H3,(H,18,19). The van der Waals surface area contributed by atoms with Gasteiger partial charge in [0.05, 0.1) is 6.42 Å². The molecule has 0 saturated heterocycles. The van der Waals surface area contributed by atoms with Crippen LogP contribution in [0.1, 0.15) is 31.4 Å². The quantitative estimate of drug-likeness (QED) is 0.931. The van der Waals surface area contributed by atoms with Crippen molar-refractivity contribution >= 4 is 5.97 Å². The molecular formula is C14H15F3O4. The predicted molar refractivity (Wildman–Crippen MR) is 67.7 cm³/mol. The van der Waals surface area contributed by atoms with Crippen LogP contribution in [0, 0.1) is 0 Å². The number of benzene rings is 1. The van der Waals surface area contributed by atoms with E-state index in [1.165, 1.54) is 6.07 Å². The van der Waals surface area contributed by atoms with E-state index in [1.54, 1.807) is 13.8 Å². The largest absolute Gasteiger partial charge is 0.486 e. The molecule has 0 radical (unpaired) electrons. The second kappa shape index (κ2) is 5.13. The first-order chi connectivity index (χ1) is 9.63. The third-order valence-electron chi connectivity index (χ3n) is 3.32. The average Bonchev–Trinajstić information content (AvgIpc) is 2.34. The topological polar surface area (TPSA) is 55.8 Å². The molecule has 1 aromatic rings. The van der Waals surface area contributed by atoms with Crippen LogP contribution in [0.4, 0.5) is 13.2 Å². The monoisotopic (exact) mass is 304 g/mol. The molecule has 0 aliphatic carbocycles. The Morgan fingerprint density at radius 1 is 1.14 bits per heavy atom. The Kier molecular flexibility index (Phi) is 3.78. The highest BCUT2D eigenvalue weighted by molar-refractivity contribution is 5.70. The highest BCUT2D eigenvalue weighted by Gasteiger charge is 2.40. The van der Waals surface area contributed by atoms with Crippen LogP contribution < -0.4 is 9.47 Å². The predicted octanol–water partition coefficient (Wildman–Crippen LogP) is 3.23. The lowest BCUT2D eigenvalue weighted by Crippen LogP contribution is -2.26. The Balaban J connectivity index is 2.57. The molecule has 1 N–H and O–H groups in total. The molecule has 0 atom stereocenters. The Labute approximate surface area is 119 Å². The zero-order valence-corrected chi connectivity index (χ0v) is 11.6.